The molecule has 0 atom stereocenters. The number of hydrogen-bond acceptors (Lipinski definition) is 6. The largest absolute Gasteiger partial charge is 0.361 e. The van der Waals surface area contributed by atoms with Crippen LogP contribution in [0, 0.1) is 13.8 Å². The summed E-state index contributed by atoms with van der Waals surface area (Å²) in [5.74, 6) is 1.96. The number of amides is 1. The lowest BCUT2D eigenvalue weighted by Crippen LogP contribution is -2.14. The lowest BCUT2D eigenvalue weighted by atomic mass is 10.3. The van der Waals surface area contributed by atoms with Gasteiger partial charge >= 0.3 is 0 Å². The molecule has 106 valence electrons. The molecule has 1 amide bonds. The second-order valence-corrected chi connectivity index (χ2v) is 4.38. The third-order valence-electron chi connectivity index (χ3n) is 2.83. The number of aryl methyl sites for hydroxylation is 2. The quantitative estimate of drug-likeness (QED) is 0.782. The number of anilines is 1. The van der Waals surface area contributed by atoms with Crippen molar-refractivity contribution in [3.63, 3.8) is 0 Å². The standard InChI is InChI=1S/C13H12N6O2/c1-8-5-10(18-21-8)13(20)17-11-6-12(16-7-15-11)19-4-3-14-9(19)2/h3-7H,1-2H3,(H,15,16,17,20). The van der Waals surface area contributed by atoms with Gasteiger partial charge in [0.15, 0.2) is 5.69 Å². The number of nitrogens with one attached hydrogen (secondary N) is 1. The van der Waals surface area contributed by atoms with Gasteiger partial charge in [-0.25, -0.2) is 15.0 Å². The second-order valence-electron chi connectivity index (χ2n) is 4.38. The summed E-state index contributed by atoms with van der Waals surface area (Å²) in [5.41, 5.74) is 0.200. The maximum absolute atomic E-state index is 12.0. The third kappa shape index (κ3) is 2.64. The van der Waals surface area contributed by atoms with E-state index in [9.17, 15) is 4.79 Å². The molecular weight excluding hydrogens is 272 g/mol. The molecule has 1 N–H and O–H groups in total. The Kier molecular flexibility index (Phi) is 3.19. The van der Waals surface area contributed by atoms with Gasteiger partial charge in [-0.2, -0.15) is 0 Å². The maximum Gasteiger partial charge on any atom is 0.279 e. The molecule has 0 saturated carbocycles. The van der Waals surface area contributed by atoms with Gasteiger partial charge in [0, 0.05) is 24.5 Å². The average Bonchev–Trinajstić information content (AvgIpc) is 3.08. The van der Waals surface area contributed by atoms with E-state index in [1.165, 1.54) is 6.33 Å². The van der Waals surface area contributed by atoms with E-state index in [0.29, 0.717) is 17.4 Å². The lowest BCUT2D eigenvalue weighted by Gasteiger charge is -2.06. The van der Waals surface area contributed by atoms with Crippen molar-refractivity contribution in [3.8, 4) is 5.82 Å². The first-order valence-corrected chi connectivity index (χ1v) is 6.20. The molecular formula is C13H12N6O2. The van der Waals surface area contributed by atoms with E-state index in [0.717, 1.165) is 5.82 Å². The Morgan fingerprint density at radius 2 is 2.10 bits per heavy atom. The summed E-state index contributed by atoms with van der Waals surface area (Å²) in [4.78, 5) is 24.3. The van der Waals surface area contributed by atoms with Crippen molar-refractivity contribution in [2.24, 2.45) is 0 Å². The molecule has 3 aromatic heterocycles. The zero-order valence-electron chi connectivity index (χ0n) is 11.4. The summed E-state index contributed by atoms with van der Waals surface area (Å²) < 4.78 is 6.66. The molecule has 0 radical (unpaired) electrons. The van der Waals surface area contributed by atoms with Gasteiger partial charge in [0.25, 0.3) is 5.91 Å². The van der Waals surface area contributed by atoms with Crippen LogP contribution >= 0.6 is 0 Å². The van der Waals surface area contributed by atoms with E-state index in [2.05, 4.69) is 25.4 Å². The Morgan fingerprint density at radius 3 is 2.76 bits per heavy atom. The van der Waals surface area contributed by atoms with Gasteiger partial charge in [-0.15, -0.1) is 0 Å². The van der Waals surface area contributed by atoms with Gasteiger partial charge < -0.3 is 9.84 Å². The first kappa shape index (κ1) is 13.0. The van der Waals surface area contributed by atoms with Crippen molar-refractivity contribution in [2.75, 3.05) is 5.32 Å². The van der Waals surface area contributed by atoms with Crippen LogP contribution in [0.3, 0.4) is 0 Å². The first-order chi connectivity index (χ1) is 10.1. The van der Waals surface area contributed by atoms with Crippen molar-refractivity contribution in [1.82, 2.24) is 24.7 Å². The highest BCUT2D eigenvalue weighted by Gasteiger charge is 2.12. The van der Waals surface area contributed by atoms with Gasteiger partial charge in [0.2, 0.25) is 0 Å². The van der Waals surface area contributed by atoms with Gasteiger partial charge in [0.1, 0.15) is 29.5 Å². The van der Waals surface area contributed by atoms with Crippen molar-refractivity contribution < 1.29 is 9.32 Å². The summed E-state index contributed by atoms with van der Waals surface area (Å²) >= 11 is 0. The molecule has 3 heterocycles. The van der Waals surface area contributed by atoms with Crippen LogP contribution in [0.5, 0.6) is 0 Å². The molecule has 0 aromatic carbocycles. The fourth-order valence-electron chi connectivity index (χ4n) is 1.82. The minimum absolute atomic E-state index is 0.200. The molecule has 0 spiro atoms. The highest BCUT2D eigenvalue weighted by atomic mass is 16.5. The predicted octanol–water partition coefficient (Wildman–Crippen LogP) is 1.52. The number of rotatable bonds is 3. The molecule has 0 aliphatic rings. The van der Waals surface area contributed by atoms with E-state index in [4.69, 9.17) is 4.52 Å². The summed E-state index contributed by atoms with van der Waals surface area (Å²) in [6.07, 6.45) is 4.83. The molecule has 0 aliphatic carbocycles. The van der Waals surface area contributed by atoms with E-state index in [1.807, 2.05) is 6.92 Å². The van der Waals surface area contributed by atoms with Crippen molar-refractivity contribution in [3.05, 3.63) is 48.1 Å². The molecule has 3 aromatic rings. The van der Waals surface area contributed by atoms with Gasteiger partial charge in [-0.1, -0.05) is 5.16 Å². The molecule has 21 heavy (non-hydrogen) atoms. The van der Waals surface area contributed by atoms with Crippen LogP contribution in [0.15, 0.2) is 35.4 Å². The second kappa shape index (κ2) is 5.16. The molecule has 8 heteroatoms. The van der Waals surface area contributed by atoms with Crippen molar-refractivity contribution >= 4 is 11.7 Å². The number of aromatic nitrogens is 5. The lowest BCUT2D eigenvalue weighted by molar-refractivity contribution is 0.101. The summed E-state index contributed by atoms with van der Waals surface area (Å²) in [5, 5.41) is 6.30. The zero-order valence-corrected chi connectivity index (χ0v) is 11.4. The molecule has 0 bridgehead atoms. The number of carbonyl (C=O) groups is 1. The monoisotopic (exact) mass is 284 g/mol. The predicted molar refractivity (Wildman–Crippen MR) is 73.1 cm³/mol. The number of hydrogen-bond donors (Lipinski definition) is 1. The summed E-state index contributed by atoms with van der Waals surface area (Å²) in [7, 11) is 0. The molecule has 0 aliphatic heterocycles. The van der Waals surface area contributed by atoms with Crippen LogP contribution in [0.25, 0.3) is 5.82 Å². The van der Waals surface area contributed by atoms with Crippen molar-refractivity contribution in [2.45, 2.75) is 13.8 Å². The Bertz CT molecular complexity index is 791. The Hall–Kier alpha value is -3.03. The van der Waals surface area contributed by atoms with Crippen LogP contribution in [0.4, 0.5) is 5.82 Å². The summed E-state index contributed by atoms with van der Waals surface area (Å²) in [6.45, 7) is 3.58. The van der Waals surface area contributed by atoms with Crippen LogP contribution < -0.4 is 5.32 Å². The molecule has 0 saturated heterocycles. The van der Waals surface area contributed by atoms with Crippen LogP contribution in [0.2, 0.25) is 0 Å². The normalized spacial score (nSPS) is 10.6. The Morgan fingerprint density at radius 1 is 1.24 bits per heavy atom. The average molecular weight is 284 g/mol. The molecule has 0 fully saturated rings. The van der Waals surface area contributed by atoms with E-state index in [1.54, 1.807) is 36.0 Å². The summed E-state index contributed by atoms with van der Waals surface area (Å²) in [6, 6.07) is 3.21. The zero-order chi connectivity index (χ0) is 14.8. The van der Waals surface area contributed by atoms with Gasteiger partial charge in [-0.3, -0.25) is 9.36 Å². The number of nitrogens with zero attached hydrogens (tertiary/aromatic N) is 5. The molecule has 0 unspecified atom stereocenters. The Labute approximate surface area is 119 Å². The minimum Gasteiger partial charge on any atom is -0.361 e. The van der Waals surface area contributed by atoms with E-state index >= 15 is 0 Å². The van der Waals surface area contributed by atoms with Crippen molar-refractivity contribution in [1.29, 1.82) is 0 Å². The van der Waals surface area contributed by atoms with E-state index in [-0.39, 0.29) is 11.6 Å². The fraction of sp³-hybridized carbons (Fsp3) is 0.154. The smallest absolute Gasteiger partial charge is 0.279 e. The highest BCUT2D eigenvalue weighted by Crippen LogP contribution is 2.12. The maximum atomic E-state index is 12.0. The number of carbonyl (C=O) groups excluding carboxylic acids is 1. The van der Waals surface area contributed by atoms with Crippen LogP contribution in [-0.2, 0) is 0 Å². The Balaban J connectivity index is 1.84. The SMILES string of the molecule is Cc1cc(C(=O)Nc2cc(-n3ccnc3C)ncn2)no1. The minimum atomic E-state index is -0.390. The first-order valence-electron chi connectivity index (χ1n) is 6.20. The fourth-order valence-corrected chi connectivity index (χ4v) is 1.82. The third-order valence-corrected chi connectivity index (χ3v) is 2.83. The van der Waals surface area contributed by atoms with E-state index < -0.39 is 0 Å². The van der Waals surface area contributed by atoms with Gasteiger partial charge in [0.05, 0.1) is 0 Å². The molecule has 8 nitrogen and oxygen atoms in total. The van der Waals surface area contributed by atoms with Gasteiger partial charge in [-0.05, 0) is 13.8 Å². The van der Waals surface area contributed by atoms with Crippen LogP contribution in [0.1, 0.15) is 22.1 Å². The highest BCUT2D eigenvalue weighted by molar-refractivity contribution is 6.02. The number of imidazole rings is 1. The van der Waals surface area contributed by atoms with Crippen LogP contribution in [-0.4, -0.2) is 30.6 Å². The topological polar surface area (TPSA) is 98.7 Å². The molecule has 3 rings (SSSR count).